The molecule has 0 saturated carbocycles. The second kappa shape index (κ2) is 7.83. The molecular weight excluding hydrogens is 252 g/mol. The zero-order valence-electron chi connectivity index (χ0n) is 12.6. The number of rotatable bonds is 1. The Hall–Kier alpha value is -1.64. The van der Waals surface area contributed by atoms with E-state index in [-0.39, 0.29) is 11.8 Å². The molecule has 3 heteroatoms. The van der Waals surface area contributed by atoms with E-state index in [2.05, 4.69) is 0 Å². The van der Waals surface area contributed by atoms with E-state index < -0.39 is 5.41 Å². The molecule has 0 unspecified atom stereocenters. The molecule has 0 radical (unpaired) electrons. The zero-order valence-corrected chi connectivity index (χ0v) is 12.6. The van der Waals surface area contributed by atoms with E-state index in [0.717, 1.165) is 32.1 Å². The van der Waals surface area contributed by atoms with Crippen molar-refractivity contribution in [3.63, 3.8) is 0 Å². The van der Waals surface area contributed by atoms with Crippen molar-refractivity contribution in [1.82, 2.24) is 0 Å². The summed E-state index contributed by atoms with van der Waals surface area (Å²) in [5.74, 6) is 0.794. The van der Waals surface area contributed by atoms with Crippen LogP contribution in [0, 0.1) is 5.41 Å². The number of esters is 1. The van der Waals surface area contributed by atoms with Gasteiger partial charge in [-0.2, -0.15) is 0 Å². The molecule has 3 nitrogen and oxygen atoms in total. The Morgan fingerprint density at radius 2 is 1.80 bits per heavy atom. The first-order valence-corrected chi connectivity index (χ1v) is 7.18. The summed E-state index contributed by atoms with van der Waals surface area (Å²) in [6.45, 7) is 5.55. The van der Waals surface area contributed by atoms with Crippen LogP contribution < -0.4 is 0 Å². The van der Waals surface area contributed by atoms with Crippen LogP contribution in [0.15, 0.2) is 36.1 Å². The number of allylic oxidation sites excluding steroid dienone is 5. The van der Waals surface area contributed by atoms with Gasteiger partial charge in [-0.05, 0) is 64.7 Å². The molecule has 0 aromatic heterocycles. The Morgan fingerprint density at radius 1 is 1.10 bits per heavy atom. The molecule has 0 spiro atoms. The average molecular weight is 276 g/mol. The minimum atomic E-state index is -0.424. The summed E-state index contributed by atoms with van der Waals surface area (Å²) in [7, 11) is 0. The first-order valence-electron chi connectivity index (χ1n) is 7.18. The number of ether oxygens (including phenoxy) is 1. The van der Waals surface area contributed by atoms with E-state index in [4.69, 9.17) is 4.74 Å². The monoisotopic (exact) mass is 276 g/mol. The fraction of sp³-hybridized carbons (Fsp3) is 0.529. The Morgan fingerprint density at radius 3 is 2.20 bits per heavy atom. The lowest BCUT2D eigenvalue weighted by Gasteiger charge is -2.17. The van der Waals surface area contributed by atoms with Gasteiger partial charge in [0.25, 0.3) is 0 Å². The fourth-order valence-corrected chi connectivity index (χ4v) is 1.62. The maximum Gasteiger partial charge on any atom is 0.316 e. The molecule has 0 aliphatic heterocycles. The number of hydrogen-bond acceptors (Lipinski definition) is 3. The van der Waals surface area contributed by atoms with Gasteiger partial charge >= 0.3 is 5.97 Å². The highest BCUT2D eigenvalue weighted by molar-refractivity contribution is 5.90. The SMILES string of the molecule is CC(C)(C)C(=O)OC1=CCCC=C1.O=C1C=CCCC1. The number of carbonyl (C=O) groups is 2. The van der Waals surface area contributed by atoms with Crippen molar-refractivity contribution in [2.75, 3.05) is 0 Å². The molecule has 2 aliphatic carbocycles. The molecule has 0 amide bonds. The van der Waals surface area contributed by atoms with Crippen molar-refractivity contribution in [2.45, 2.75) is 52.9 Å². The predicted octanol–water partition coefficient (Wildman–Crippen LogP) is 4.11. The maximum atomic E-state index is 11.4. The molecule has 0 N–H and O–H groups in total. The van der Waals surface area contributed by atoms with Gasteiger partial charge in [-0.15, -0.1) is 0 Å². The lowest BCUT2D eigenvalue weighted by molar-refractivity contribution is -0.148. The fourth-order valence-electron chi connectivity index (χ4n) is 1.62. The Balaban J connectivity index is 0.000000240. The standard InChI is InChI=1S/C11H16O2.C6H8O/c1-11(2,3)10(12)13-9-7-5-4-6-8-9;7-6-4-2-1-3-5-6/h5,7-8H,4,6H2,1-3H3;2,4H,1,3,5H2. The van der Waals surface area contributed by atoms with Gasteiger partial charge < -0.3 is 4.74 Å². The molecule has 0 atom stereocenters. The molecule has 0 aromatic rings. The van der Waals surface area contributed by atoms with Crippen molar-refractivity contribution < 1.29 is 14.3 Å². The summed E-state index contributed by atoms with van der Waals surface area (Å²) in [6.07, 6.45) is 14.3. The first kappa shape index (κ1) is 16.4. The molecule has 2 aliphatic rings. The van der Waals surface area contributed by atoms with Gasteiger partial charge in [0, 0.05) is 6.42 Å². The van der Waals surface area contributed by atoms with Crippen LogP contribution in [0.2, 0.25) is 0 Å². The summed E-state index contributed by atoms with van der Waals surface area (Å²) in [4.78, 5) is 21.8. The van der Waals surface area contributed by atoms with Crippen LogP contribution in [0.4, 0.5) is 0 Å². The van der Waals surface area contributed by atoms with Gasteiger partial charge in [0.15, 0.2) is 5.78 Å². The second-order valence-electron chi connectivity index (χ2n) is 5.99. The summed E-state index contributed by atoms with van der Waals surface area (Å²) >= 11 is 0. The zero-order chi connectivity index (χ0) is 15.0. The average Bonchev–Trinajstić information content (AvgIpc) is 2.40. The van der Waals surface area contributed by atoms with Crippen molar-refractivity contribution in [2.24, 2.45) is 5.41 Å². The number of hydrogen-bond donors (Lipinski definition) is 0. The third-order valence-corrected chi connectivity index (χ3v) is 2.88. The van der Waals surface area contributed by atoms with E-state index >= 15 is 0 Å². The molecule has 2 rings (SSSR count). The van der Waals surface area contributed by atoms with Crippen LogP contribution in [-0.2, 0) is 14.3 Å². The second-order valence-corrected chi connectivity index (χ2v) is 5.99. The van der Waals surface area contributed by atoms with Gasteiger partial charge in [-0.25, -0.2) is 0 Å². The summed E-state index contributed by atoms with van der Waals surface area (Å²) in [6, 6.07) is 0. The van der Waals surface area contributed by atoms with Crippen molar-refractivity contribution in [3.8, 4) is 0 Å². The third kappa shape index (κ3) is 6.50. The Kier molecular flexibility index (Phi) is 6.43. The van der Waals surface area contributed by atoms with Crippen LogP contribution in [0.1, 0.15) is 52.9 Å². The Bertz CT molecular complexity index is 434. The highest BCUT2D eigenvalue weighted by Crippen LogP contribution is 2.19. The van der Waals surface area contributed by atoms with Crippen LogP contribution in [-0.4, -0.2) is 11.8 Å². The van der Waals surface area contributed by atoms with E-state index in [0.29, 0.717) is 5.76 Å². The number of carbonyl (C=O) groups excluding carboxylic acids is 2. The van der Waals surface area contributed by atoms with Crippen LogP contribution in [0.3, 0.4) is 0 Å². The minimum Gasteiger partial charge on any atom is -0.427 e. The van der Waals surface area contributed by atoms with Gasteiger partial charge in [0.05, 0.1) is 5.41 Å². The topological polar surface area (TPSA) is 43.4 Å². The van der Waals surface area contributed by atoms with Crippen LogP contribution in [0.5, 0.6) is 0 Å². The van der Waals surface area contributed by atoms with Crippen molar-refractivity contribution in [1.29, 1.82) is 0 Å². The van der Waals surface area contributed by atoms with Gasteiger partial charge in [-0.3, -0.25) is 9.59 Å². The highest BCUT2D eigenvalue weighted by atomic mass is 16.5. The Labute approximate surface area is 121 Å². The van der Waals surface area contributed by atoms with Crippen molar-refractivity contribution >= 4 is 11.8 Å². The van der Waals surface area contributed by atoms with E-state index in [9.17, 15) is 9.59 Å². The van der Waals surface area contributed by atoms with E-state index in [1.54, 1.807) is 6.08 Å². The quantitative estimate of drug-likeness (QED) is 0.677. The van der Waals surface area contributed by atoms with Crippen LogP contribution in [0.25, 0.3) is 0 Å². The maximum absolute atomic E-state index is 11.4. The normalized spacial score (nSPS) is 17.9. The minimum absolute atomic E-state index is 0.176. The molecule has 0 bridgehead atoms. The van der Waals surface area contributed by atoms with Crippen LogP contribution >= 0.6 is 0 Å². The molecular formula is C17H24O3. The molecule has 0 heterocycles. The molecule has 20 heavy (non-hydrogen) atoms. The molecule has 110 valence electrons. The highest BCUT2D eigenvalue weighted by Gasteiger charge is 2.23. The lowest BCUT2D eigenvalue weighted by Crippen LogP contribution is -2.22. The smallest absolute Gasteiger partial charge is 0.316 e. The molecule has 0 aromatic carbocycles. The summed E-state index contributed by atoms with van der Waals surface area (Å²) in [5, 5.41) is 0. The third-order valence-electron chi connectivity index (χ3n) is 2.88. The molecule has 0 fully saturated rings. The summed E-state index contributed by atoms with van der Waals surface area (Å²) < 4.78 is 5.19. The largest absolute Gasteiger partial charge is 0.427 e. The first-order chi connectivity index (χ1) is 9.39. The van der Waals surface area contributed by atoms with Gasteiger partial charge in [-0.1, -0.05) is 12.2 Å². The number of ketones is 1. The predicted molar refractivity (Wildman–Crippen MR) is 80.0 cm³/mol. The molecule has 0 saturated heterocycles. The summed E-state index contributed by atoms with van der Waals surface area (Å²) in [5.41, 5.74) is -0.424. The van der Waals surface area contributed by atoms with Crippen molar-refractivity contribution in [3.05, 3.63) is 36.1 Å². The van der Waals surface area contributed by atoms with Gasteiger partial charge in [0.2, 0.25) is 0 Å². The van der Waals surface area contributed by atoms with E-state index in [1.807, 2.05) is 45.1 Å². The van der Waals surface area contributed by atoms with E-state index in [1.165, 1.54) is 0 Å². The lowest BCUT2D eigenvalue weighted by atomic mass is 9.97. The van der Waals surface area contributed by atoms with Gasteiger partial charge in [0.1, 0.15) is 5.76 Å².